The standard InChI is InChI=1S/C21H36N2O3/c1-14-11-18-15(12-21(2)17(14)5-6-19(21)24)16(20(25)26-18)13-22-7-10-23-8-3-4-9-23/h14-19,22,24H,3-13H2,1-2H3/t14-,15-,16+,17+,18+,19+,21+/m1/s1. The minimum Gasteiger partial charge on any atom is -0.462 e. The molecule has 2 heterocycles. The van der Waals surface area contributed by atoms with Crippen LogP contribution in [0.3, 0.4) is 0 Å². The lowest BCUT2D eigenvalue weighted by Crippen LogP contribution is -2.39. The van der Waals surface area contributed by atoms with E-state index in [4.69, 9.17) is 4.74 Å². The molecule has 2 saturated heterocycles. The molecule has 0 spiro atoms. The van der Waals surface area contributed by atoms with Gasteiger partial charge in [0.1, 0.15) is 6.10 Å². The summed E-state index contributed by atoms with van der Waals surface area (Å²) in [6.07, 6.45) is 6.39. The SMILES string of the molecule is C[C@@H]1C[C@@H]2OC(=O)[C@@H](CNCCN3CCCC3)[C@H]2C[C@]2(C)[C@@H](O)CC[C@@H]12. The third kappa shape index (κ3) is 3.31. The topological polar surface area (TPSA) is 61.8 Å². The average Bonchev–Trinajstić information content (AvgIpc) is 3.26. The maximum atomic E-state index is 12.6. The molecular formula is C21H36N2O3. The van der Waals surface area contributed by atoms with Crippen molar-refractivity contribution in [3.8, 4) is 0 Å². The zero-order valence-corrected chi connectivity index (χ0v) is 16.5. The van der Waals surface area contributed by atoms with E-state index in [9.17, 15) is 9.90 Å². The average molecular weight is 365 g/mol. The summed E-state index contributed by atoms with van der Waals surface area (Å²) in [5.74, 6) is 1.27. The highest BCUT2D eigenvalue weighted by Crippen LogP contribution is 2.57. The van der Waals surface area contributed by atoms with Gasteiger partial charge in [-0.2, -0.15) is 0 Å². The molecule has 5 heteroatoms. The van der Waals surface area contributed by atoms with Crippen molar-refractivity contribution in [3.63, 3.8) is 0 Å². The van der Waals surface area contributed by atoms with Crippen molar-refractivity contribution in [3.05, 3.63) is 0 Å². The van der Waals surface area contributed by atoms with Crippen molar-refractivity contribution in [2.75, 3.05) is 32.7 Å². The number of fused-ring (bicyclic) bond motifs is 2. The smallest absolute Gasteiger partial charge is 0.310 e. The number of nitrogens with zero attached hydrogens (tertiary/aromatic N) is 1. The first-order chi connectivity index (χ1) is 12.5. The van der Waals surface area contributed by atoms with Gasteiger partial charge in [0.25, 0.3) is 0 Å². The molecule has 4 aliphatic rings. The van der Waals surface area contributed by atoms with Crippen LogP contribution < -0.4 is 5.32 Å². The number of rotatable bonds is 5. The summed E-state index contributed by atoms with van der Waals surface area (Å²) in [4.78, 5) is 15.0. The van der Waals surface area contributed by atoms with Gasteiger partial charge in [0.15, 0.2) is 0 Å². The maximum Gasteiger partial charge on any atom is 0.310 e. The Morgan fingerprint density at radius 1 is 1.31 bits per heavy atom. The first kappa shape index (κ1) is 18.7. The van der Waals surface area contributed by atoms with Crippen LogP contribution in [-0.4, -0.2) is 60.9 Å². The zero-order chi connectivity index (χ0) is 18.3. The fourth-order valence-electron chi connectivity index (χ4n) is 6.49. The van der Waals surface area contributed by atoms with E-state index in [-0.39, 0.29) is 35.4 Å². The van der Waals surface area contributed by atoms with Crippen LogP contribution in [0, 0.1) is 29.1 Å². The Hall–Kier alpha value is -0.650. The lowest BCUT2D eigenvalue weighted by molar-refractivity contribution is -0.144. The molecule has 4 rings (SSSR count). The molecule has 148 valence electrons. The zero-order valence-electron chi connectivity index (χ0n) is 16.5. The number of likely N-dealkylation sites (tertiary alicyclic amines) is 1. The third-order valence-corrected chi connectivity index (χ3v) is 8.06. The Balaban J connectivity index is 1.39. The van der Waals surface area contributed by atoms with Crippen LogP contribution in [0.2, 0.25) is 0 Å². The van der Waals surface area contributed by atoms with Gasteiger partial charge in [-0.15, -0.1) is 0 Å². The van der Waals surface area contributed by atoms with Crippen LogP contribution in [0.1, 0.15) is 52.4 Å². The van der Waals surface area contributed by atoms with Gasteiger partial charge in [-0.25, -0.2) is 0 Å². The highest BCUT2D eigenvalue weighted by molar-refractivity contribution is 5.75. The quantitative estimate of drug-likeness (QED) is 0.577. The van der Waals surface area contributed by atoms with E-state index >= 15 is 0 Å². The molecule has 0 radical (unpaired) electrons. The number of carbonyl (C=O) groups excluding carboxylic acids is 1. The van der Waals surface area contributed by atoms with Crippen molar-refractivity contribution >= 4 is 5.97 Å². The van der Waals surface area contributed by atoms with Crippen LogP contribution in [0.25, 0.3) is 0 Å². The van der Waals surface area contributed by atoms with Gasteiger partial charge in [0, 0.05) is 25.6 Å². The number of hydrogen-bond donors (Lipinski definition) is 2. The molecule has 2 saturated carbocycles. The minimum atomic E-state index is -0.229. The molecule has 2 aliphatic carbocycles. The summed E-state index contributed by atoms with van der Waals surface area (Å²) in [5.41, 5.74) is -0.0549. The van der Waals surface area contributed by atoms with Crippen molar-refractivity contribution in [1.82, 2.24) is 10.2 Å². The molecule has 0 unspecified atom stereocenters. The number of ether oxygens (including phenoxy) is 1. The lowest BCUT2D eigenvalue weighted by atomic mass is 9.68. The largest absolute Gasteiger partial charge is 0.462 e. The lowest BCUT2D eigenvalue weighted by Gasteiger charge is -2.37. The first-order valence-electron chi connectivity index (χ1n) is 10.8. The minimum absolute atomic E-state index is 0.0181. The molecule has 2 N–H and O–H groups in total. The van der Waals surface area contributed by atoms with Crippen molar-refractivity contribution in [2.45, 2.75) is 64.6 Å². The van der Waals surface area contributed by atoms with Crippen LogP contribution in [-0.2, 0) is 9.53 Å². The Labute approximate surface area is 157 Å². The molecule has 26 heavy (non-hydrogen) atoms. The molecule has 0 amide bonds. The van der Waals surface area contributed by atoms with E-state index in [0.29, 0.717) is 11.8 Å². The molecule has 0 aromatic carbocycles. The normalized spacial score (nSPS) is 46.0. The monoisotopic (exact) mass is 364 g/mol. The molecule has 5 nitrogen and oxygen atoms in total. The van der Waals surface area contributed by atoms with Crippen molar-refractivity contribution in [1.29, 1.82) is 0 Å². The Morgan fingerprint density at radius 2 is 2.08 bits per heavy atom. The van der Waals surface area contributed by atoms with Crippen LogP contribution in [0.4, 0.5) is 0 Å². The van der Waals surface area contributed by atoms with Gasteiger partial charge in [-0.05, 0) is 68.9 Å². The van der Waals surface area contributed by atoms with E-state index in [1.807, 2.05) is 0 Å². The summed E-state index contributed by atoms with van der Waals surface area (Å²) < 4.78 is 5.83. The Morgan fingerprint density at radius 3 is 2.85 bits per heavy atom. The van der Waals surface area contributed by atoms with Gasteiger partial charge < -0.3 is 20.1 Å². The summed E-state index contributed by atoms with van der Waals surface area (Å²) in [6.45, 7) is 9.72. The van der Waals surface area contributed by atoms with E-state index in [1.54, 1.807) is 0 Å². The Kier molecular flexibility index (Phi) is 5.32. The number of nitrogens with one attached hydrogen (secondary N) is 1. The fraction of sp³-hybridized carbons (Fsp3) is 0.952. The van der Waals surface area contributed by atoms with Gasteiger partial charge in [0.05, 0.1) is 12.0 Å². The molecule has 2 aliphatic heterocycles. The summed E-state index contributed by atoms with van der Waals surface area (Å²) >= 11 is 0. The predicted octanol–water partition coefficient (Wildman–Crippen LogP) is 2.04. The predicted molar refractivity (Wildman–Crippen MR) is 101 cm³/mol. The number of aliphatic hydroxyl groups is 1. The maximum absolute atomic E-state index is 12.6. The summed E-state index contributed by atoms with van der Waals surface area (Å²) in [7, 11) is 0. The number of aliphatic hydroxyl groups excluding tert-OH is 1. The van der Waals surface area contributed by atoms with E-state index in [1.165, 1.54) is 25.9 Å². The van der Waals surface area contributed by atoms with E-state index < -0.39 is 0 Å². The van der Waals surface area contributed by atoms with Crippen LogP contribution in [0.15, 0.2) is 0 Å². The summed E-state index contributed by atoms with van der Waals surface area (Å²) in [6, 6.07) is 0. The second-order valence-corrected chi connectivity index (χ2v) is 9.62. The van der Waals surface area contributed by atoms with Crippen LogP contribution in [0.5, 0.6) is 0 Å². The number of hydrogen-bond acceptors (Lipinski definition) is 5. The summed E-state index contributed by atoms with van der Waals surface area (Å²) in [5, 5.41) is 14.2. The fourth-order valence-corrected chi connectivity index (χ4v) is 6.49. The van der Waals surface area contributed by atoms with Gasteiger partial charge in [0.2, 0.25) is 0 Å². The van der Waals surface area contributed by atoms with Gasteiger partial charge >= 0.3 is 5.97 Å². The molecule has 7 atom stereocenters. The van der Waals surface area contributed by atoms with Gasteiger partial charge in [-0.3, -0.25) is 4.79 Å². The molecule has 0 aromatic rings. The van der Waals surface area contributed by atoms with Crippen LogP contribution >= 0.6 is 0 Å². The third-order valence-electron chi connectivity index (χ3n) is 8.06. The highest BCUT2D eigenvalue weighted by Gasteiger charge is 2.57. The molecule has 0 aromatic heterocycles. The number of esters is 1. The van der Waals surface area contributed by atoms with Gasteiger partial charge in [-0.1, -0.05) is 13.8 Å². The molecular weight excluding hydrogens is 328 g/mol. The Bertz CT molecular complexity index is 521. The van der Waals surface area contributed by atoms with E-state index in [0.717, 1.165) is 45.3 Å². The van der Waals surface area contributed by atoms with Crippen molar-refractivity contribution in [2.24, 2.45) is 29.1 Å². The molecule has 0 bridgehead atoms. The van der Waals surface area contributed by atoms with Crippen molar-refractivity contribution < 1.29 is 14.6 Å². The second-order valence-electron chi connectivity index (χ2n) is 9.62. The highest BCUT2D eigenvalue weighted by atomic mass is 16.6. The number of carbonyl (C=O) groups is 1. The molecule has 4 fully saturated rings. The van der Waals surface area contributed by atoms with E-state index in [2.05, 4.69) is 24.1 Å². The second kappa shape index (κ2) is 7.40. The first-order valence-corrected chi connectivity index (χ1v) is 10.8.